The van der Waals surface area contributed by atoms with E-state index in [0.717, 1.165) is 5.76 Å². The molecule has 3 rings (SSSR count). The van der Waals surface area contributed by atoms with Gasteiger partial charge >= 0.3 is 0 Å². The molecule has 0 saturated heterocycles. The molecule has 2 aromatic heterocycles. The molecule has 4 heteroatoms. The summed E-state index contributed by atoms with van der Waals surface area (Å²) in [4.78, 5) is 0. The first kappa shape index (κ1) is 10.6. The fraction of sp³-hybridized carbons (Fsp3) is 0.462. The molecule has 17 heavy (non-hydrogen) atoms. The van der Waals surface area contributed by atoms with Gasteiger partial charge in [-0.1, -0.05) is 6.92 Å². The van der Waals surface area contributed by atoms with E-state index >= 15 is 0 Å². The van der Waals surface area contributed by atoms with Crippen molar-refractivity contribution in [3.8, 4) is 0 Å². The van der Waals surface area contributed by atoms with Gasteiger partial charge in [0.1, 0.15) is 11.5 Å². The molecule has 2 heterocycles. The summed E-state index contributed by atoms with van der Waals surface area (Å²) >= 11 is 0. The highest BCUT2D eigenvalue weighted by molar-refractivity contribution is 5.22. The number of aryl methyl sites for hydroxylation is 1. The summed E-state index contributed by atoms with van der Waals surface area (Å²) in [6, 6.07) is 5.61. The maximum absolute atomic E-state index is 10.1. The third kappa shape index (κ3) is 1.89. The maximum Gasteiger partial charge on any atom is 0.155 e. The highest BCUT2D eigenvalue weighted by atomic mass is 16.4. The highest BCUT2D eigenvalue weighted by Crippen LogP contribution is 2.47. The van der Waals surface area contributed by atoms with Crippen molar-refractivity contribution in [1.29, 1.82) is 0 Å². The number of aromatic nitrogens is 2. The lowest BCUT2D eigenvalue weighted by molar-refractivity contribution is 0.181. The van der Waals surface area contributed by atoms with Gasteiger partial charge in [0.2, 0.25) is 0 Å². The molecule has 1 fully saturated rings. The summed E-state index contributed by atoms with van der Waals surface area (Å²) in [5.41, 5.74) is 0.622. The number of hydrogen-bond acceptors (Lipinski definition) is 3. The molecule has 0 spiro atoms. The van der Waals surface area contributed by atoms with Crippen LogP contribution in [0.15, 0.2) is 28.8 Å². The van der Waals surface area contributed by atoms with Crippen molar-refractivity contribution in [1.82, 2.24) is 9.78 Å². The van der Waals surface area contributed by atoms with Gasteiger partial charge < -0.3 is 9.52 Å². The highest BCUT2D eigenvalue weighted by Gasteiger charge is 2.37. The maximum atomic E-state index is 10.1. The molecule has 90 valence electrons. The molecule has 1 aliphatic carbocycles. The fourth-order valence-corrected chi connectivity index (χ4v) is 2.16. The van der Waals surface area contributed by atoms with Gasteiger partial charge in [0, 0.05) is 19.2 Å². The Morgan fingerprint density at radius 3 is 2.82 bits per heavy atom. The summed E-state index contributed by atoms with van der Waals surface area (Å²) in [6.45, 7) is 2.21. The van der Waals surface area contributed by atoms with E-state index in [1.807, 2.05) is 25.4 Å². The normalized spacial score (nSPS) is 24.9. The van der Waals surface area contributed by atoms with E-state index in [1.165, 1.54) is 6.42 Å². The first-order valence-corrected chi connectivity index (χ1v) is 5.92. The average Bonchev–Trinajstić information content (AvgIpc) is 2.75. The summed E-state index contributed by atoms with van der Waals surface area (Å²) in [7, 11) is 1.83. The number of hydrogen-bond donors (Lipinski definition) is 1. The molecule has 1 N–H and O–H groups in total. The minimum absolute atomic E-state index is 0.541. The first-order chi connectivity index (χ1) is 8.15. The Morgan fingerprint density at radius 2 is 2.24 bits per heavy atom. The van der Waals surface area contributed by atoms with E-state index in [1.54, 1.807) is 10.7 Å². The van der Waals surface area contributed by atoms with Crippen LogP contribution in [0.1, 0.15) is 42.6 Å². The van der Waals surface area contributed by atoms with Gasteiger partial charge in [-0.2, -0.15) is 5.10 Å². The largest absolute Gasteiger partial charge is 0.463 e. The van der Waals surface area contributed by atoms with Crippen LogP contribution < -0.4 is 0 Å². The van der Waals surface area contributed by atoms with Gasteiger partial charge in [0.05, 0.1) is 5.69 Å². The van der Waals surface area contributed by atoms with Gasteiger partial charge in [0.15, 0.2) is 6.10 Å². The minimum atomic E-state index is -0.765. The van der Waals surface area contributed by atoms with Gasteiger partial charge in [0.25, 0.3) is 0 Å². The summed E-state index contributed by atoms with van der Waals surface area (Å²) in [6.07, 6.45) is 2.23. The molecule has 0 radical (unpaired) electrons. The van der Waals surface area contributed by atoms with Crippen molar-refractivity contribution >= 4 is 0 Å². The molecule has 1 saturated carbocycles. The van der Waals surface area contributed by atoms with Crippen LogP contribution in [-0.4, -0.2) is 14.9 Å². The van der Waals surface area contributed by atoms with Crippen molar-refractivity contribution in [3.63, 3.8) is 0 Å². The minimum Gasteiger partial charge on any atom is -0.463 e. The molecule has 0 bridgehead atoms. The van der Waals surface area contributed by atoms with Crippen LogP contribution in [0.4, 0.5) is 0 Å². The van der Waals surface area contributed by atoms with Gasteiger partial charge in [-0.3, -0.25) is 4.68 Å². The Labute approximate surface area is 99.9 Å². The summed E-state index contributed by atoms with van der Waals surface area (Å²) in [5.74, 6) is 2.82. The zero-order valence-electron chi connectivity index (χ0n) is 10.00. The smallest absolute Gasteiger partial charge is 0.155 e. The van der Waals surface area contributed by atoms with Crippen molar-refractivity contribution in [3.05, 3.63) is 41.6 Å². The molecule has 1 aliphatic rings. The molecule has 2 aromatic rings. The van der Waals surface area contributed by atoms with E-state index in [0.29, 0.717) is 23.3 Å². The van der Waals surface area contributed by atoms with Crippen molar-refractivity contribution in [2.75, 3.05) is 0 Å². The lowest BCUT2D eigenvalue weighted by Gasteiger charge is -2.03. The Hall–Kier alpha value is -1.55. The molecular weight excluding hydrogens is 216 g/mol. The van der Waals surface area contributed by atoms with Gasteiger partial charge in [-0.25, -0.2) is 0 Å². The monoisotopic (exact) mass is 232 g/mol. The number of aliphatic hydroxyl groups excluding tert-OH is 1. The molecular formula is C13H16N2O2. The molecule has 0 amide bonds. The van der Waals surface area contributed by atoms with Crippen LogP contribution in [0.5, 0.6) is 0 Å². The second kappa shape index (κ2) is 3.74. The predicted octanol–water partition coefficient (Wildman–Crippen LogP) is 2.22. The number of rotatable bonds is 3. The second-order valence-corrected chi connectivity index (χ2v) is 4.88. The first-order valence-electron chi connectivity index (χ1n) is 5.92. The van der Waals surface area contributed by atoms with Crippen LogP contribution in [0.25, 0.3) is 0 Å². The van der Waals surface area contributed by atoms with Gasteiger partial charge in [-0.15, -0.1) is 0 Å². The zero-order valence-corrected chi connectivity index (χ0v) is 10.00. The summed E-state index contributed by atoms with van der Waals surface area (Å²) in [5, 5.41) is 14.3. The van der Waals surface area contributed by atoms with Crippen LogP contribution in [0, 0.1) is 5.92 Å². The predicted molar refractivity (Wildman–Crippen MR) is 62.5 cm³/mol. The van der Waals surface area contributed by atoms with E-state index < -0.39 is 6.10 Å². The van der Waals surface area contributed by atoms with Crippen LogP contribution >= 0.6 is 0 Å². The van der Waals surface area contributed by atoms with Crippen LogP contribution in [0.3, 0.4) is 0 Å². The molecule has 3 atom stereocenters. The molecule has 0 aliphatic heterocycles. The lowest BCUT2D eigenvalue weighted by Crippen LogP contribution is -2.00. The molecule has 0 aromatic carbocycles. The number of aliphatic hydroxyl groups is 1. The molecule has 3 unspecified atom stereocenters. The van der Waals surface area contributed by atoms with Crippen LogP contribution in [-0.2, 0) is 7.05 Å². The van der Waals surface area contributed by atoms with Crippen molar-refractivity contribution in [2.45, 2.75) is 25.4 Å². The summed E-state index contributed by atoms with van der Waals surface area (Å²) < 4.78 is 7.38. The van der Waals surface area contributed by atoms with Crippen molar-refractivity contribution in [2.24, 2.45) is 13.0 Å². The SMILES string of the molecule is CC1CC1c1ccc(C(O)c2ccn(C)n2)o1. The van der Waals surface area contributed by atoms with E-state index in [4.69, 9.17) is 4.42 Å². The zero-order chi connectivity index (χ0) is 12.0. The Balaban J connectivity index is 1.81. The fourth-order valence-electron chi connectivity index (χ4n) is 2.16. The van der Waals surface area contributed by atoms with E-state index in [2.05, 4.69) is 12.0 Å². The Bertz CT molecular complexity index is 529. The standard InChI is InChI=1S/C13H16N2O2/c1-8-7-9(8)11-3-4-12(17-11)13(16)10-5-6-15(2)14-10/h3-6,8-9,13,16H,7H2,1-2H3. The van der Waals surface area contributed by atoms with Gasteiger partial charge in [-0.05, 0) is 30.5 Å². The topological polar surface area (TPSA) is 51.2 Å². The van der Waals surface area contributed by atoms with E-state index in [-0.39, 0.29) is 0 Å². The Morgan fingerprint density at radius 1 is 1.47 bits per heavy atom. The van der Waals surface area contributed by atoms with Crippen molar-refractivity contribution < 1.29 is 9.52 Å². The number of furan rings is 1. The third-order valence-corrected chi connectivity index (χ3v) is 3.41. The van der Waals surface area contributed by atoms with E-state index in [9.17, 15) is 5.11 Å². The Kier molecular flexibility index (Phi) is 2.33. The third-order valence-electron chi connectivity index (χ3n) is 3.41. The molecule has 4 nitrogen and oxygen atoms in total. The average molecular weight is 232 g/mol. The quantitative estimate of drug-likeness (QED) is 0.882. The second-order valence-electron chi connectivity index (χ2n) is 4.88. The lowest BCUT2D eigenvalue weighted by atomic mass is 10.2. The number of nitrogens with zero attached hydrogens (tertiary/aromatic N) is 2. The van der Waals surface area contributed by atoms with Crippen LogP contribution in [0.2, 0.25) is 0 Å².